The van der Waals surface area contributed by atoms with Crippen molar-refractivity contribution < 1.29 is 0 Å². The molecular weight excluding hydrogens is 328 g/mol. The van der Waals surface area contributed by atoms with Crippen LogP contribution in [0.2, 0.25) is 0 Å². The van der Waals surface area contributed by atoms with Crippen LogP contribution in [0, 0.1) is 0 Å². The molecule has 0 saturated carbocycles. The lowest BCUT2D eigenvalue weighted by Crippen LogP contribution is -2.20. The van der Waals surface area contributed by atoms with E-state index in [1.807, 2.05) is 48.3 Å². The van der Waals surface area contributed by atoms with E-state index in [1.165, 1.54) is 5.56 Å². The number of fused-ring (bicyclic) bond motifs is 1. The number of anilines is 2. The van der Waals surface area contributed by atoms with E-state index in [4.69, 9.17) is 5.73 Å². The van der Waals surface area contributed by atoms with E-state index >= 15 is 0 Å². The van der Waals surface area contributed by atoms with Gasteiger partial charge in [0.25, 0.3) is 0 Å². The van der Waals surface area contributed by atoms with Crippen molar-refractivity contribution in [2.24, 2.45) is 0 Å². The Morgan fingerprint density at radius 2 is 1.76 bits per heavy atom. The molecule has 5 heteroatoms. The molecule has 2 aromatic carbocycles. The van der Waals surface area contributed by atoms with Gasteiger partial charge in [-0.3, -0.25) is 0 Å². The van der Waals surface area contributed by atoms with Crippen LogP contribution in [0.1, 0.15) is 5.56 Å². The number of aromatic nitrogens is 2. The minimum absolute atomic E-state index is 0.450. The summed E-state index contributed by atoms with van der Waals surface area (Å²) < 4.78 is 1.06. The largest absolute Gasteiger partial charge is 0.381 e. The molecule has 0 aliphatic heterocycles. The van der Waals surface area contributed by atoms with Gasteiger partial charge in [0.15, 0.2) is 11.6 Å². The van der Waals surface area contributed by atoms with E-state index in [2.05, 4.69) is 38.0 Å². The van der Waals surface area contributed by atoms with Gasteiger partial charge in [0.05, 0.1) is 11.0 Å². The molecular formula is C16H15BrN4. The summed E-state index contributed by atoms with van der Waals surface area (Å²) in [5, 5.41) is 0. The number of hydrogen-bond acceptors (Lipinski definition) is 4. The Morgan fingerprint density at radius 3 is 2.48 bits per heavy atom. The molecule has 0 saturated heterocycles. The monoisotopic (exact) mass is 342 g/mol. The minimum atomic E-state index is 0.450. The maximum absolute atomic E-state index is 6.05. The third kappa shape index (κ3) is 2.97. The van der Waals surface area contributed by atoms with Gasteiger partial charge < -0.3 is 10.6 Å². The summed E-state index contributed by atoms with van der Waals surface area (Å²) in [6.07, 6.45) is 0. The first-order chi connectivity index (χ1) is 10.1. The van der Waals surface area contributed by atoms with Gasteiger partial charge in [-0.15, -0.1) is 0 Å². The highest BCUT2D eigenvalue weighted by molar-refractivity contribution is 9.10. The van der Waals surface area contributed by atoms with Crippen molar-refractivity contribution in [1.82, 2.24) is 9.97 Å². The Hall–Kier alpha value is -2.14. The number of hydrogen-bond donors (Lipinski definition) is 1. The van der Waals surface area contributed by atoms with Crippen molar-refractivity contribution in [2.45, 2.75) is 6.54 Å². The van der Waals surface area contributed by atoms with Crippen LogP contribution in [0.15, 0.2) is 53.0 Å². The SMILES string of the molecule is CN(Cc1cccc(Br)c1)c1nc2ccccc2nc1N. The van der Waals surface area contributed by atoms with Gasteiger partial charge in [-0.05, 0) is 29.8 Å². The number of nitrogen functional groups attached to an aromatic ring is 1. The van der Waals surface area contributed by atoms with E-state index in [0.717, 1.165) is 22.1 Å². The molecule has 0 amide bonds. The van der Waals surface area contributed by atoms with Crippen molar-refractivity contribution in [3.8, 4) is 0 Å². The van der Waals surface area contributed by atoms with E-state index in [-0.39, 0.29) is 0 Å². The number of nitrogens with zero attached hydrogens (tertiary/aromatic N) is 3. The number of rotatable bonds is 3. The third-order valence-electron chi connectivity index (χ3n) is 3.25. The zero-order chi connectivity index (χ0) is 14.8. The van der Waals surface area contributed by atoms with Crippen LogP contribution in [-0.2, 0) is 6.54 Å². The molecule has 0 aliphatic carbocycles. The Morgan fingerprint density at radius 1 is 1.05 bits per heavy atom. The molecule has 0 unspecified atom stereocenters. The Kier molecular flexibility index (Phi) is 3.75. The summed E-state index contributed by atoms with van der Waals surface area (Å²) in [6, 6.07) is 15.9. The van der Waals surface area contributed by atoms with Gasteiger partial charge in [0.1, 0.15) is 0 Å². The molecule has 4 nitrogen and oxygen atoms in total. The van der Waals surface area contributed by atoms with Gasteiger partial charge in [0, 0.05) is 18.1 Å². The molecule has 21 heavy (non-hydrogen) atoms. The van der Waals surface area contributed by atoms with Crippen molar-refractivity contribution in [3.63, 3.8) is 0 Å². The second-order valence-electron chi connectivity index (χ2n) is 4.91. The lowest BCUT2D eigenvalue weighted by molar-refractivity contribution is 0.899. The van der Waals surface area contributed by atoms with Crippen molar-refractivity contribution in [1.29, 1.82) is 0 Å². The van der Waals surface area contributed by atoms with Gasteiger partial charge in [0.2, 0.25) is 0 Å². The highest BCUT2D eigenvalue weighted by Gasteiger charge is 2.11. The van der Waals surface area contributed by atoms with Crippen LogP contribution in [-0.4, -0.2) is 17.0 Å². The highest BCUT2D eigenvalue weighted by Crippen LogP contribution is 2.23. The number of nitrogens with two attached hydrogens (primary N) is 1. The Bertz CT molecular complexity index is 788. The molecule has 3 rings (SSSR count). The first-order valence-electron chi connectivity index (χ1n) is 6.61. The van der Waals surface area contributed by atoms with E-state index in [1.54, 1.807) is 0 Å². The summed E-state index contributed by atoms with van der Waals surface area (Å²) in [6.45, 7) is 0.719. The first kappa shape index (κ1) is 13.8. The summed E-state index contributed by atoms with van der Waals surface area (Å²) in [7, 11) is 1.97. The molecule has 3 aromatic rings. The molecule has 0 atom stereocenters. The van der Waals surface area contributed by atoms with E-state index < -0.39 is 0 Å². The van der Waals surface area contributed by atoms with Crippen LogP contribution >= 0.6 is 15.9 Å². The molecule has 0 spiro atoms. The standard InChI is InChI=1S/C16H15BrN4/c1-21(10-11-5-4-6-12(17)9-11)16-15(18)19-13-7-2-3-8-14(13)20-16/h2-9H,10H2,1H3,(H2,18,19). The summed E-state index contributed by atoms with van der Waals surface area (Å²) in [5.41, 5.74) is 8.89. The van der Waals surface area contributed by atoms with Gasteiger partial charge in [-0.1, -0.05) is 40.2 Å². The average molecular weight is 343 g/mol. The van der Waals surface area contributed by atoms with E-state index in [0.29, 0.717) is 11.6 Å². The Labute approximate surface area is 131 Å². The lowest BCUT2D eigenvalue weighted by Gasteiger charge is -2.20. The van der Waals surface area contributed by atoms with Crippen LogP contribution < -0.4 is 10.6 Å². The minimum Gasteiger partial charge on any atom is -0.381 e. The second-order valence-corrected chi connectivity index (χ2v) is 5.82. The third-order valence-corrected chi connectivity index (χ3v) is 3.74. The topological polar surface area (TPSA) is 55.0 Å². The smallest absolute Gasteiger partial charge is 0.172 e. The maximum atomic E-state index is 6.05. The van der Waals surface area contributed by atoms with Gasteiger partial charge in [-0.25, -0.2) is 9.97 Å². The molecule has 2 N–H and O–H groups in total. The maximum Gasteiger partial charge on any atom is 0.172 e. The van der Waals surface area contributed by atoms with E-state index in [9.17, 15) is 0 Å². The second kappa shape index (κ2) is 5.69. The fourth-order valence-corrected chi connectivity index (χ4v) is 2.72. The molecule has 106 valence electrons. The van der Waals surface area contributed by atoms with Crippen molar-refractivity contribution in [2.75, 3.05) is 17.7 Å². The zero-order valence-electron chi connectivity index (χ0n) is 11.6. The van der Waals surface area contributed by atoms with Crippen LogP contribution in [0.4, 0.5) is 11.6 Å². The zero-order valence-corrected chi connectivity index (χ0v) is 13.2. The van der Waals surface area contributed by atoms with Crippen LogP contribution in [0.25, 0.3) is 11.0 Å². The summed E-state index contributed by atoms with van der Waals surface area (Å²) >= 11 is 3.48. The van der Waals surface area contributed by atoms with Gasteiger partial charge >= 0.3 is 0 Å². The molecule has 0 fully saturated rings. The number of para-hydroxylation sites is 2. The van der Waals surface area contributed by atoms with Crippen molar-refractivity contribution in [3.05, 3.63) is 58.6 Å². The average Bonchev–Trinajstić information content (AvgIpc) is 2.46. The predicted octanol–water partition coefficient (Wildman–Crippen LogP) is 3.61. The van der Waals surface area contributed by atoms with Gasteiger partial charge in [-0.2, -0.15) is 0 Å². The van der Waals surface area contributed by atoms with Crippen molar-refractivity contribution >= 4 is 38.6 Å². The normalized spacial score (nSPS) is 10.8. The molecule has 1 heterocycles. The fraction of sp³-hybridized carbons (Fsp3) is 0.125. The first-order valence-corrected chi connectivity index (χ1v) is 7.40. The molecule has 0 aliphatic rings. The lowest BCUT2D eigenvalue weighted by atomic mass is 10.2. The molecule has 0 radical (unpaired) electrons. The number of halogens is 1. The predicted molar refractivity (Wildman–Crippen MR) is 90.2 cm³/mol. The highest BCUT2D eigenvalue weighted by atomic mass is 79.9. The van der Waals surface area contributed by atoms with Crippen LogP contribution in [0.5, 0.6) is 0 Å². The summed E-state index contributed by atoms with van der Waals surface area (Å²) in [4.78, 5) is 11.1. The molecule has 0 bridgehead atoms. The quantitative estimate of drug-likeness (QED) is 0.789. The fourth-order valence-electron chi connectivity index (χ4n) is 2.27. The van der Waals surface area contributed by atoms with Crippen LogP contribution in [0.3, 0.4) is 0 Å². The number of benzene rings is 2. The molecule has 1 aromatic heterocycles. The summed E-state index contributed by atoms with van der Waals surface area (Å²) in [5.74, 6) is 1.15. The Balaban J connectivity index is 1.93.